The molecule has 0 aromatic heterocycles. The van der Waals surface area contributed by atoms with Gasteiger partial charge in [0.05, 0.1) is 20.8 Å². The molecule has 1 atom stereocenters. The maximum absolute atomic E-state index is 13.5. The number of rotatable bonds is 8. The zero-order valence-corrected chi connectivity index (χ0v) is 21.1. The highest BCUT2D eigenvalue weighted by Gasteiger charge is 2.23. The Morgan fingerprint density at radius 1 is 1.16 bits per heavy atom. The predicted octanol–water partition coefficient (Wildman–Crippen LogP) is 3.50. The van der Waals surface area contributed by atoms with E-state index in [-0.39, 0.29) is 35.8 Å². The van der Waals surface area contributed by atoms with Crippen LogP contribution in [0.2, 0.25) is 0 Å². The summed E-state index contributed by atoms with van der Waals surface area (Å²) >= 11 is 0. The van der Waals surface area contributed by atoms with E-state index in [1.807, 2.05) is 25.1 Å². The zero-order chi connectivity index (χ0) is 22.2. The van der Waals surface area contributed by atoms with Gasteiger partial charge in [0.15, 0.2) is 17.5 Å². The number of likely N-dealkylation sites (tertiary alicyclic amines) is 1. The normalized spacial score (nSPS) is 16.4. The fourth-order valence-electron chi connectivity index (χ4n) is 3.64. The molecule has 3 rings (SSSR count). The summed E-state index contributed by atoms with van der Waals surface area (Å²) in [6.45, 7) is 5.74. The van der Waals surface area contributed by atoms with Crippen LogP contribution in [-0.2, 0) is 13.1 Å². The molecule has 1 saturated heterocycles. The number of hydrogen-bond acceptors (Lipinski definition) is 5. The van der Waals surface area contributed by atoms with E-state index in [0.717, 1.165) is 49.7 Å². The van der Waals surface area contributed by atoms with Crippen LogP contribution < -0.4 is 20.1 Å². The lowest BCUT2D eigenvalue weighted by molar-refractivity contribution is 0.321. The molecule has 0 bridgehead atoms. The van der Waals surface area contributed by atoms with E-state index in [2.05, 4.69) is 20.5 Å². The van der Waals surface area contributed by atoms with Crippen molar-refractivity contribution in [3.63, 3.8) is 0 Å². The molecule has 1 heterocycles. The Balaban J connectivity index is 0.00000363. The Labute approximate surface area is 206 Å². The molecule has 1 aliphatic rings. The minimum absolute atomic E-state index is 0. The maximum atomic E-state index is 13.5. The zero-order valence-electron chi connectivity index (χ0n) is 18.7. The Hall–Kier alpha value is -2.27. The van der Waals surface area contributed by atoms with Crippen molar-refractivity contribution >= 4 is 29.9 Å². The number of phenolic OH excluding ortho intramolecular Hbond substituents is 1. The number of nitrogens with one attached hydrogen (secondary N) is 2. The maximum Gasteiger partial charge on any atom is 0.191 e. The van der Waals surface area contributed by atoms with E-state index in [0.29, 0.717) is 18.1 Å². The number of aliphatic imine (C=N–C) groups is 1. The molecule has 0 spiro atoms. The summed E-state index contributed by atoms with van der Waals surface area (Å²) in [4.78, 5) is 6.95. The minimum atomic E-state index is -0.633. The first-order valence-electron chi connectivity index (χ1n) is 10.5. The van der Waals surface area contributed by atoms with Crippen LogP contribution >= 0.6 is 24.0 Å². The largest absolute Gasteiger partial charge is 0.505 e. The third-order valence-electron chi connectivity index (χ3n) is 5.21. The lowest BCUT2D eigenvalue weighted by Gasteiger charge is -2.19. The van der Waals surface area contributed by atoms with Gasteiger partial charge in [-0.05, 0) is 48.7 Å². The Morgan fingerprint density at radius 2 is 1.88 bits per heavy atom. The highest BCUT2D eigenvalue weighted by atomic mass is 127. The van der Waals surface area contributed by atoms with Gasteiger partial charge in [0.2, 0.25) is 0 Å². The van der Waals surface area contributed by atoms with Gasteiger partial charge in [-0.15, -0.1) is 24.0 Å². The number of ether oxygens (including phenoxy) is 2. The number of phenols is 1. The second kappa shape index (κ2) is 12.7. The SMILES string of the molecule is CCNC(=NCc1ccc(O)c(F)c1)NC1CCN(Cc2cc(OC)cc(OC)c2)C1.I. The summed E-state index contributed by atoms with van der Waals surface area (Å²) in [7, 11) is 3.31. The van der Waals surface area contributed by atoms with Crippen molar-refractivity contribution in [1.29, 1.82) is 0 Å². The summed E-state index contributed by atoms with van der Waals surface area (Å²) in [5.41, 5.74) is 1.85. The molecule has 2 aromatic carbocycles. The number of guanidine groups is 1. The average Bonchev–Trinajstić information content (AvgIpc) is 3.20. The molecule has 1 unspecified atom stereocenters. The van der Waals surface area contributed by atoms with Gasteiger partial charge in [-0.1, -0.05) is 6.07 Å². The molecule has 7 nitrogen and oxygen atoms in total. The first kappa shape index (κ1) is 26.0. The van der Waals surface area contributed by atoms with Gasteiger partial charge < -0.3 is 25.2 Å². The molecule has 0 aliphatic carbocycles. The number of methoxy groups -OCH3 is 2. The number of hydrogen-bond donors (Lipinski definition) is 3. The van der Waals surface area contributed by atoms with E-state index in [4.69, 9.17) is 9.47 Å². The molecule has 3 N–H and O–H groups in total. The fraction of sp³-hybridized carbons (Fsp3) is 0.435. The van der Waals surface area contributed by atoms with Crippen LogP contribution in [0.3, 0.4) is 0 Å². The third-order valence-corrected chi connectivity index (χ3v) is 5.21. The molecule has 0 saturated carbocycles. The van der Waals surface area contributed by atoms with Crippen molar-refractivity contribution < 1.29 is 19.0 Å². The average molecular weight is 558 g/mol. The molecule has 1 fully saturated rings. The summed E-state index contributed by atoms with van der Waals surface area (Å²) in [6.07, 6.45) is 0.999. The fourth-order valence-corrected chi connectivity index (χ4v) is 3.64. The van der Waals surface area contributed by atoms with Crippen LogP contribution in [0.4, 0.5) is 4.39 Å². The van der Waals surface area contributed by atoms with Crippen molar-refractivity contribution in [3.05, 3.63) is 53.3 Å². The summed E-state index contributed by atoms with van der Waals surface area (Å²) in [5, 5.41) is 16.1. The van der Waals surface area contributed by atoms with Crippen LogP contribution in [0.5, 0.6) is 17.2 Å². The number of nitrogens with zero attached hydrogens (tertiary/aromatic N) is 2. The van der Waals surface area contributed by atoms with Crippen molar-refractivity contribution in [3.8, 4) is 17.2 Å². The van der Waals surface area contributed by atoms with Gasteiger partial charge in [0.25, 0.3) is 0 Å². The van der Waals surface area contributed by atoms with Crippen LogP contribution in [-0.4, -0.2) is 55.9 Å². The molecule has 32 heavy (non-hydrogen) atoms. The molecule has 0 radical (unpaired) electrons. The van der Waals surface area contributed by atoms with Crippen LogP contribution in [0, 0.1) is 5.82 Å². The van der Waals surface area contributed by atoms with E-state index < -0.39 is 5.82 Å². The molecule has 1 aliphatic heterocycles. The summed E-state index contributed by atoms with van der Waals surface area (Å²) < 4.78 is 24.3. The number of benzene rings is 2. The molecule has 0 amide bonds. The van der Waals surface area contributed by atoms with Crippen LogP contribution in [0.15, 0.2) is 41.4 Å². The van der Waals surface area contributed by atoms with Crippen molar-refractivity contribution in [2.45, 2.75) is 32.5 Å². The monoisotopic (exact) mass is 558 g/mol. The molecular formula is C23H32FIN4O3. The van der Waals surface area contributed by atoms with Gasteiger partial charge in [-0.3, -0.25) is 4.90 Å². The van der Waals surface area contributed by atoms with Crippen LogP contribution in [0.1, 0.15) is 24.5 Å². The van der Waals surface area contributed by atoms with Crippen LogP contribution in [0.25, 0.3) is 0 Å². The van der Waals surface area contributed by atoms with Gasteiger partial charge in [-0.25, -0.2) is 9.38 Å². The highest BCUT2D eigenvalue weighted by molar-refractivity contribution is 14.0. The summed E-state index contributed by atoms with van der Waals surface area (Å²) in [5.74, 6) is 1.29. The minimum Gasteiger partial charge on any atom is -0.505 e. The first-order valence-corrected chi connectivity index (χ1v) is 10.5. The molecular weight excluding hydrogens is 526 g/mol. The van der Waals surface area contributed by atoms with E-state index in [1.54, 1.807) is 20.3 Å². The van der Waals surface area contributed by atoms with Crippen molar-refractivity contribution in [2.75, 3.05) is 33.9 Å². The first-order chi connectivity index (χ1) is 15.0. The van der Waals surface area contributed by atoms with Gasteiger partial charge in [-0.2, -0.15) is 0 Å². The standard InChI is InChI=1S/C23H31FN4O3.HI/c1-4-25-23(26-13-16-5-6-22(29)21(24)11-16)27-18-7-8-28(15-18)14-17-9-19(30-2)12-20(10-17)31-3;/h5-6,9-12,18,29H,4,7-8,13-15H2,1-3H3,(H2,25,26,27);1H. The van der Waals surface area contributed by atoms with Crippen molar-refractivity contribution in [1.82, 2.24) is 15.5 Å². The second-order valence-corrected chi connectivity index (χ2v) is 7.57. The second-order valence-electron chi connectivity index (χ2n) is 7.57. The van der Waals surface area contributed by atoms with E-state index in [9.17, 15) is 9.50 Å². The molecule has 9 heteroatoms. The number of aromatic hydroxyl groups is 1. The molecule has 176 valence electrons. The topological polar surface area (TPSA) is 78.4 Å². The Kier molecular flexibility index (Phi) is 10.3. The lowest BCUT2D eigenvalue weighted by Crippen LogP contribution is -2.44. The predicted molar refractivity (Wildman–Crippen MR) is 135 cm³/mol. The van der Waals surface area contributed by atoms with E-state index in [1.165, 1.54) is 12.1 Å². The smallest absolute Gasteiger partial charge is 0.191 e. The van der Waals surface area contributed by atoms with Gasteiger partial charge in [0, 0.05) is 38.3 Å². The summed E-state index contributed by atoms with van der Waals surface area (Å²) in [6, 6.07) is 10.5. The van der Waals surface area contributed by atoms with Gasteiger partial charge >= 0.3 is 0 Å². The van der Waals surface area contributed by atoms with Crippen molar-refractivity contribution in [2.24, 2.45) is 4.99 Å². The highest BCUT2D eigenvalue weighted by Crippen LogP contribution is 2.24. The molecule has 2 aromatic rings. The quantitative estimate of drug-likeness (QED) is 0.262. The Bertz CT molecular complexity index is 891. The number of halogens is 2. The Morgan fingerprint density at radius 3 is 2.50 bits per heavy atom. The van der Waals surface area contributed by atoms with Gasteiger partial charge in [0.1, 0.15) is 11.5 Å². The lowest BCUT2D eigenvalue weighted by atomic mass is 10.2. The third kappa shape index (κ3) is 7.40. The van der Waals surface area contributed by atoms with E-state index >= 15 is 0 Å².